The predicted molar refractivity (Wildman–Crippen MR) is 166 cm³/mol. The second-order valence-corrected chi connectivity index (χ2v) is 13.9. The van der Waals surface area contributed by atoms with Crippen molar-refractivity contribution in [2.24, 2.45) is 5.92 Å². The van der Waals surface area contributed by atoms with Crippen molar-refractivity contribution >= 4 is 39.0 Å². The van der Waals surface area contributed by atoms with Crippen molar-refractivity contribution in [3.63, 3.8) is 0 Å². The minimum absolute atomic E-state index is 0.102. The third kappa shape index (κ3) is 8.93. The highest BCUT2D eigenvalue weighted by molar-refractivity contribution is 7.89. The normalized spacial score (nSPS) is 18.0. The average Bonchev–Trinajstić information content (AvgIpc) is 3.46. The van der Waals surface area contributed by atoms with Crippen LogP contribution in [0.3, 0.4) is 0 Å². The molecular weight excluding hydrogens is 603 g/mol. The Labute approximate surface area is 262 Å². The first-order valence-corrected chi connectivity index (χ1v) is 17.1. The number of nitrogens with one attached hydrogen (secondary N) is 2. The number of pyridine rings is 2. The van der Waals surface area contributed by atoms with Gasteiger partial charge in [0.1, 0.15) is 7.11 Å². The molecule has 1 aliphatic carbocycles. The van der Waals surface area contributed by atoms with E-state index in [1.807, 2.05) is 12.1 Å². The predicted octanol–water partition coefficient (Wildman–Crippen LogP) is 3.01. The van der Waals surface area contributed by atoms with E-state index in [-0.39, 0.29) is 31.1 Å². The van der Waals surface area contributed by atoms with Crippen molar-refractivity contribution in [3.8, 4) is 10.6 Å². The molecule has 1 atom stereocenters. The Morgan fingerprint density at radius 3 is 2.50 bits per heavy atom. The fraction of sp³-hybridized carbons (Fsp3) is 0.452. The van der Waals surface area contributed by atoms with Crippen molar-refractivity contribution in [2.75, 3.05) is 26.7 Å². The van der Waals surface area contributed by atoms with Gasteiger partial charge in [0.15, 0.2) is 5.78 Å². The molecule has 1 saturated carbocycles. The Bertz CT molecular complexity index is 1520. The number of rotatable bonds is 8. The highest BCUT2D eigenvalue weighted by atomic mass is 32.2. The van der Waals surface area contributed by atoms with Crippen molar-refractivity contribution in [1.29, 1.82) is 0 Å². The first-order chi connectivity index (χ1) is 21.2. The lowest BCUT2D eigenvalue weighted by Gasteiger charge is -2.18. The number of hydrogen-bond donors (Lipinski definition) is 2. The second kappa shape index (κ2) is 15.9. The molecule has 44 heavy (non-hydrogen) atoms. The number of carbonyl (C=O) groups is 3. The van der Waals surface area contributed by atoms with Gasteiger partial charge in [-0.3, -0.25) is 24.2 Å². The Balaban J connectivity index is 0.000000555. The second-order valence-electron chi connectivity index (χ2n) is 10.9. The molecule has 2 N–H and O–H groups in total. The maximum Gasteiger partial charge on any atom is 0.362 e. The Morgan fingerprint density at radius 2 is 1.82 bits per heavy atom. The quantitative estimate of drug-likeness (QED) is 0.360. The molecule has 0 spiro atoms. The van der Waals surface area contributed by atoms with Gasteiger partial charge < -0.3 is 10.6 Å². The molecule has 2 fully saturated rings. The van der Waals surface area contributed by atoms with Crippen LogP contribution in [0, 0.1) is 5.92 Å². The van der Waals surface area contributed by atoms with E-state index < -0.39 is 33.7 Å². The van der Waals surface area contributed by atoms with Crippen molar-refractivity contribution in [2.45, 2.75) is 62.9 Å². The van der Waals surface area contributed by atoms with E-state index in [9.17, 15) is 22.8 Å². The van der Waals surface area contributed by atoms with Crippen LogP contribution in [0.15, 0.2) is 66.0 Å². The lowest BCUT2D eigenvalue weighted by Crippen LogP contribution is -2.50. The van der Waals surface area contributed by atoms with E-state index in [0.29, 0.717) is 11.3 Å². The third-order valence-electron chi connectivity index (χ3n) is 7.60. The summed E-state index contributed by atoms with van der Waals surface area (Å²) in [5, 5.41) is 5.07. The summed E-state index contributed by atoms with van der Waals surface area (Å²) in [5.41, 5.74) is 0.747. The zero-order chi connectivity index (χ0) is 31.5. The molecule has 13 heteroatoms. The first kappa shape index (κ1) is 33.2. The van der Waals surface area contributed by atoms with E-state index in [1.165, 1.54) is 62.8 Å². The van der Waals surface area contributed by atoms with Crippen LogP contribution in [0.4, 0.5) is 0 Å². The molecule has 0 radical (unpaired) electrons. The molecule has 1 aliphatic heterocycles. The molecule has 0 aromatic carbocycles. The number of hydrogen-bond acceptors (Lipinski definition) is 8. The molecule has 2 aliphatic rings. The first-order valence-electron chi connectivity index (χ1n) is 14.9. The number of aromatic nitrogens is 2. The molecule has 2 amide bonds. The number of nitrogens with zero attached hydrogens (tertiary/aromatic N) is 3. The average molecular weight is 643 g/mol. The van der Waals surface area contributed by atoms with Gasteiger partial charge in [0, 0.05) is 29.6 Å². The van der Waals surface area contributed by atoms with Gasteiger partial charge in [0.2, 0.25) is 12.1 Å². The van der Waals surface area contributed by atoms with Gasteiger partial charge >= 0.3 is 15.0 Å². The summed E-state index contributed by atoms with van der Waals surface area (Å²) in [6, 6.07) is 12.7. The molecule has 0 bridgehead atoms. The minimum atomic E-state index is -4.01. The number of ketones is 1. The monoisotopic (exact) mass is 642 g/mol. The molecule has 1 unspecified atom stereocenters. The summed E-state index contributed by atoms with van der Waals surface area (Å²) < 4.78 is 28.5. The van der Waals surface area contributed by atoms with Gasteiger partial charge in [-0.1, -0.05) is 45.1 Å². The van der Waals surface area contributed by atoms with Gasteiger partial charge in [-0.05, 0) is 49.1 Å². The van der Waals surface area contributed by atoms with Crippen LogP contribution < -0.4 is 20.2 Å². The summed E-state index contributed by atoms with van der Waals surface area (Å²) in [4.78, 5) is 48.4. The van der Waals surface area contributed by atoms with Gasteiger partial charge in [0.25, 0.3) is 5.91 Å². The number of Topliss-reactive ketones (excluding diaryl/α,β-unsaturated/α-hetero) is 1. The van der Waals surface area contributed by atoms with E-state index >= 15 is 0 Å². The maximum absolute atomic E-state index is 13.1. The number of thiophene rings is 1. The molecule has 3 aromatic heterocycles. The lowest BCUT2D eigenvalue weighted by molar-refractivity contribution is -0.914. The third-order valence-corrected chi connectivity index (χ3v) is 10.5. The molecule has 4 heterocycles. The van der Waals surface area contributed by atoms with Crippen LogP contribution in [0.1, 0.15) is 61.5 Å². The smallest absolute Gasteiger partial charge is 0.345 e. The zero-order valence-electron chi connectivity index (χ0n) is 25.1. The van der Waals surface area contributed by atoms with Gasteiger partial charge in [-0.25, -0.2) is 8.42 Å². The van der Waals surface area contributed by atoms with Gasteiger partial charge in [-0.2, -0.15) is 4.31 Å². The van der Waals surface area contributed by atoms with Crippen molar-refractivity contribution in [1.82, 2.24) is 19.9 Å². The number of carbonyl (C=O) groups excluding carboxylic acids is 3. The Kier molecular flexibility index (Phi) is 12.0. The van der Waals surface area contributed by atoms with Crippen LogP contribution in [0.2, 0.25) is 0 Å². The maximum atomic E-state index is 13.1. The zero-order valence-corrected chi connectivity index (χ0v) is 26.7. The topological polar surface area (TPSA) is 139 Å². The summed E-state index contributed by atoms with van der Waals surface area (Å²) in [6.45, 7) is 1.77. The largest absolute Gasteiger partial charge is 0.362 e. The number of amides is 2. The highest BCUT2D eigenvalue weighted by Gasteiger charge is 2.38. The number of sulfonamides is 1. The fourth-order valence-corrected chi connectivity index (χ4v) is 7.60. The molecule has 1 saturated heterocycles. The molecule has 5 rings (SSSR count). The summed E-state index contributed by atoms with van der Waals surface area (Å²) >= 11 is 1.25. The van der Waals surface area contributed by atoms with E-state index in [1.54, 1.807) is 36.5 Å². The molecule has 236 valence electrons. The Morgan fingerprint density at radius 1 is 1.05 bits per heavy atom. The van der Waals surface area contributed by atoms with Crippen LogP contribution in [0.5, 0.6) is 0 Å². The Hall–Kier alpha value is -3.68. The van der Waals surface area contributed by atoms with Crippen LogP contribution in [0.25, 0.3) is 10.6 Å². The standard InChI is InChI=1S/C24H25N5O6S2.C7H14/c1-35-29-14-5-3-9-23(29)37(33,34)28-13-6-8-17(19(30)16-28)27-22(31)15-26-24(32)21-11-10-20(36-21)18-7-2-4-12-25-18;1-7-5-3-2-4-6-7/h2-5,7,9-12,14,17H,6,8,13,15-16H2,1H3,(H-,26,27,31,32);7H,2-6H2,1H3/p+1. The summed E-state index contributed by atoms with van der Waals surface area (Å²) in [5.74, 6) is -0.349. The SMILES string of the molecule is CC1CCCCC1.CO[n+]1ccccc1S(=O)(=O)N1CCCC(NC(=O)CNC(=O)c2ccc(-c3ccccn3)s2)C(=O)C1. The molecular formula is C31H40N5O6S2+. The summed E-state index contributed by atoms with van der Waals surface area (Å²) in [7, 11) is -2.66. The highest BCUT2D eigenvalue weighted by Crippen LogP contribution is 2.26. The van der Waals surface area contributed by atoms with Crippen LogP contribution >= 0.6 is 11.3 Å². The minimum Gasteiger partial charge on any atom is -0.345 e. The summed E-state index contributed by atoms with van der Waals surface area (Å²) in [6.07, 6.45) is 11.2. The lowest BCUT2D eigenvalue weighted by atomic mass is 9.91. The van der Waals surface area contributed by atoms with E-state index in [2.05, 4.69) is 22.5 Å². The fourth-order valence-electron chi connectivity index (χ4n) is 5.15. The van der Waals surface area contributed by atoms with Crippen LogP contribution in [-0.2, 0) is 19.6 Å². The van der Waals surface area contributed by atoms with Crippen LogP contribution in [-0.4, -0.2) is 68.1 Å². The van der Waals surface area contributed by atoms with E-state index in [0.717, 1.165) is 25.5 Å². The van der Waals surface area contributed by atoms with E-state index in [4.69, 9.17) is 4.84 Å². The van der Waals surface area contributed by atoms with Gasteiger partial charge in [0.05, 0.1) is 34.6 Å². The molecule has 3 aromatic rings. The van der Waals surface area contributed by atoms with Crippen molar-refractivity contribution in [3.05, 3.63) is 65.8 Å². The van der Waals surface area contributed by atoms with Gasteiger partial charge in [-0.15, -0.1) is 11.3 Å². The van der Waals surface area contributed by atoms with Crippen molar-refractivity contribution < 1.29 is 32.4 Å². The molecule has 11 nitrogen and oxygen atoms in total.